The summed E-state index contributed by atoms with van der Waals surface area (Å²) in [6.45, 7) is 2.27. The van der Waals surface area contributed by atoms with Crippen LogP contribution in [0, 0.1) is 0 Å². The second-order valence-corrected chi connectivity index (χ2v) is 5.12. The van der Waals surface area contributed by atoms with Crippen LogP contribution in [0.4, 0.5) is 0 Å². The maximum atomic E-state index is 6.34. The van der Waals surface area contributed by atoms with E-state index in [1.807, 2.05) is 12.3 Å². The van der Waals surface area contributed by atoms with Gasteiger partial charge in [0.15, 0.2) is 5.65 Å². The average molecular weight is 251 g/mol. The van der Waals surface area contributed by atoms with Crippen molar-refractivity contribution in [1.82, 2.24) is 19.5 Å². The Balaban J connectivity index is 1.96. The third-order valence-corrected chi connectivity index (χ3v) is 3.88. The van der Waals surface area contributed by atoms with Crippen molar-refractivity contribution in [3.05, 3.63) is 29.2 Å². The highest BCUT2D eigenvalue weighted by Crippen LogP contribution is 2.32. The van der Waals surface area contributed by atoms with Crippen LogP contribution in [0.25, 0.3) is 5.65 Å². The van der Waals surface area contributed by atoms with Crippen LogP contribution in [0.2, 0.25) is 5.02 Å². The van der Waals surface area contributed by atoms with Crippen LogP contribution in [0.5, 0.6) is 0 Å². The van der Waals surface area contributed by atoms with E-state index in [9.17, 15) is 0 Å². The first-order valence-corrected chi connectivity index (χ1v) is 6.29. The van der Waals surface area contributed by atoms with Gasteiger partial charge in [0.1, 0.15) is 6.33 Å². The van der Waals surface area contributed by atoms with Gasteiger partial charge in [-0.25, -0.2) is 9.50 Å². The predicted molar refractivity (Wildman–Crippen MR) is 67.5 cm³/mol. The Bertz CT molecular complexity index is 528. The summed E-state index contributed by atoms with van der Waals surface area (Å²) in [6, 6.07) is 1.90. The van der Waals surface area contributed by atoms with Crippen molar-refractivity contribution in [3.63, 3.8) is 0 Å². The number of piperidine rings is 1. The number of likely N-dealkylation sites (tertiary alicyclic amines) is 1. The van der Waals surface area contributed by atoms with Crippen molar-refractivity contribution in [2.45, 2.75) is 18.8 Å². The summed E-state index contributed by atoms with van der Waals surface area (Å²) in [7, 11) is 2.17. The van der Waals surface area contributed by atoms with Gasteiger partial charge in [-0.3, -0.25) is 0 Å². The number of fused-ring (bicyclic) bond motifs is 1. The number of hydrogen-bond acceptors (Lipinski definition) is 3. The van der Waals surface area contributed by atoms with E-state index in [0.29, 0.717) is 5.92 Å². The smallest absolute Gasteiger partial charge is 0.156 e. The molecule has 2 aromatic rings. The second-order valence-electron chi connectivity index (χ2n) is 4.72. The molecule has 0 amide bonds. The van der Waals surface area contributed by atoms with Crippen LogP contribution in [0.3, 0.4) is 0 Å². The highest BCUT2D eigenvalue weighted by atomic mass is 35.5. The van der Waals surface area contributed by atoms with Crippen molar-refractivity contribution in [2.75, 3.05) is 20.1 Å². The molecule has 1 aliphatic heterocycles. The molecule has 3 rings (SSSR count). The molecule has 2 aromatic heterocycles. The Morgan fingerprint density at radius 3 is 2.88 bits per heavy atom. The third-order valence-electron chi connectivity index (χ3n) is 3.55. The number of halogens is 1. The third kappa shape index (κ3) is 2.03. The fourth-order valence-electron chi connectivity index (χ4n) is 2.47. The molecule has 0 unspecified atom stereocenters. The van der Waals surface area contributed by atoms with Gasteiger partial charge < -0.3 is 4.90 Å². The van der Waals surface area contributed by atoms with Crippen molar-refractivity contribution in [2.24, 2.45) is 0 Å². The molecule has 1 fully saturated rings. The van der Waals surface area contributed by atoms with E-state index in [2.05, 4.69) is 22.0 Å². The maximum absolute atomic E-state index is 6.34. The van der Waals surface area contributed by atoms with E-state index >= 15 is 0 Å². The van der Waals surface area contributed by atoms with Gasteiger partial charge in [-0.1, -0.05) is 11.6 Å². The van der Waals surface area contributed by atoms with Gasteiger partial charge in [-0.05, 0) is 44.5 Å². The van der Waals surface area contributed by atoms with E-state index in [4.69, 9.17) is 11.6 Å². The van der Waals surface area contributed by atoms with Crippen LogP contribution in [-0.4, -0.2) is 39.6 Å². The Labute approximate surface area is 105 Å². The average Bonchev–Trinajstić information content (AvgIpc) is 2.76. The number of hydrogen-bond donors (Lipinski definition) is 0. The van der Waals surface area contributed by atoms with Crippen molar-refractivity contribution < 1.29 is 0 Å². The van der Waals surface area contributed by atoms with Gasteiger partial charge in [0.25, 0.3) is 0 Å². The fraction of sp³-hybridized carbons (Fsp3) is 0.500. The van der Waals surface area contributed by atoms with Gasteiger partial charge in [0.05, 0.1) is 0 Å². The maximum Gasteiger partial charge on any atom is 0.156 e. The van der Waals surface area contributed by atoms with Gasteiger partial charge in [0, 0.05) is 17.3 Å². The molecule has 17 heavy (non-hydrogen) atoms. The first-order valence-electron chi connectivity index (χ1n) is 5.91. The van der Waals surface area contributed by atoms with Crippen LogP contribution in [-0.2, 0) is 0 Å². The van der Waals surface area contributed by atoms with E-state index in [1.165, 1.54) is 5.56 Å². The van der Waals surface area contributed by atoms with E-state index in [1.54, 1.807) is 10.8 Å². The number of pyridine rings is 1. The number of nitrogens with zero attached hydrogens (tertiary/aromatic N) is 4. The van der Waals surface area contributed by atoms with E-state index < -0.39 is 0 Å². The molecule has 0 aliphatic carbocycles. The Morgan fingerprint density at radius 1 is 1.35 bits per heavy atom. The Kier molecular flexibility index (Phi) is 2.76. The zero-order valence-corrected chi connectivity index (χ0v) is 10.6. The summed E-state index contributed by atoms with van der Waals surface area (Å²) in [5, 5.41) is 4.99. The fourth-order valence-corrected chi connectivity index (χ4v) is 2.77. The zero-order valence-electron chi connectivity index (χ0n) is 9.80. The molecule has 0 atom stereocenters. The molecule has 5 heteroatoms. The van der Waals surface area contributed by atoms with Crippen LogP contribution < -0.4 is 0 Å². The molecule has 0 bridgehead atoms. The van der Waals surface area contributed by atoms with Crippen molar-refractivity contribution >= 4 is 17.2 Å². The molecule has 0 radical (unpaired) electrons. The molecule has 1 aliphatic rings. The first-order chi connectivity index (χ1) is 8.24. The molecule has 0 N–H and O–H groups in total. The summed E-state index contributed by atoms with van der Waals surface area (Å²) in [5.41, 5.74) is 2.02. The quantitative estimate of drug-likeness (QED) is 0.778. The summed E-state index contributed by atoms with van der Waals surface area (Å²) >= 11 is 6.34. The zero-order chi connectivity index (χ0) is 11.8. The molecule has 0 spiro atoms. The van der Waals surface area contributed by atoms with Gasteiger partial charge in [-0.15, -0.1) is 0 Å². The lowest BCUT2D eigenvalue weighted by Crippen LogP contribution is -2.29. The van der Waals surface area contributed by atoms with E-state index in [-0.39, 0.29) is 0 Å². The molecular formula is C12H15ClN4. The lowest BCUT2D eigenvalue weighted by molar-refractivity contribution is 0.255. The Morgan fingerprint density at radius 2 is 2.12 bits per heavy atom. The normalized spacial score (nSPS) is 18.9. The predicted octanol–water partition coefficient (Wildman–Crippen LogP) is 2.19. The molecule has 1 saturated heterocycles. The minimum Gasteiger partial charge on any atom is -0.306 e. The topological polar surface area (TPSA) is 33.4 Å². The van der Waals surface area contributed by atoms with Crippen LogP contribution >= 0.6 is 11.6 Å². The second kappa shape index (κ2) is 4.27. The molecule has 0 saturated carbocycles. The molecule has 0 aromatic carbocycles. The van der Waals surface area contributed by atoms with Crippen molar-refractivity contribution in [1.29, 1.82) is 0 Å². The number of rotatable bonds is 1. The summed E-state index contributed by atoms with van der Waals surface area (Å²) < 4.78 is 1.81. The van der Waals surface area contributed by atoms with E-state index in [0.717, 1.165) is 36.6 Å². The lowest BCUT2D eigenvalue weighted by atomic mass is 9.90. The van der Waals surface area contributed by atoms with Gasteiger partial charge in [-0.2, -0.15) is 5.10 Å². The molecule has 4 nitrogen and oxygen atoms in total. The number of aromatic nitrogens is 3. The first kappa shape index (κ1) is 11.0. The summed E-state index contributed by atoms with van der Waals surface area (Å²) in [4.78, 5) is 6.50. The lowest BCUT2D eigenvalue weighted by Gasteiger charge is -2.29. The van der Waals surface area contributed by atoms with Gasteiger partial charge >= 0.3 is 0 Å². The largest absolute Gasteiger partial charge is 0.306 e. The molecule has 90 valence electrons. The molecule has 3 heterocycles. The standard InChI is InChI=1S/C12H15ClN4/c1-16-4-2-9(3-5-16)10-7-17-12(6-11(10)13)14-8-15-17/h6-9H,2-5H2,1H3. The van der Waals surface area contributed by atoms with Gasteiger partial charge in [0.2, 0.25) is 0 Å². The summed E-state index contributed by atoms with van der Waals surface area (Å²) in [5.74, 6) is 0.548. The Hall–Kier alpha value is -1.13. The molecular weight excluding hydrogens is 236 g/mol. The van der Waals surface area contributed by atoms with Crippen molar-refractivity contribution in [3.8, 4) is 0 Å². The minimum absolute atomic E-state index is 0.548. The van der Waals surface area contributed by atoms with Crippen LogP contribution in [0.1, 0.15) is 24.3 Å². The minimum atomic E-state index is 0.548. The monoisotopic (exact) mass is 250 g/mol. The highest BCUT2D eigenvalue weighted by molar-refractivity contribution is 6.31. The highest BCUT2D eigenvalue weighted by Gasteiger charge is 2.21. The van der Waals surface area contributed by atoms with Crippen LogP contribution in [0.15, 0.2) is 18.6 Å². The summed E-state index contributed by atoms with van der Waals surface area (Å²) in [6.07, 6.45) is 5.91. The SMILES string of the molecule is CN1CCC(c2cn3ncnc3cc2Cl)CC1.